The number of aromatic nitrogens is 3. The van der Waals surface area contributed by atoms with Crippen molar-refractivity contribution in [1.29, 1.82) is 0 Å². The van der Waals surface area contributed by atoms with Crippen LogP contribution >= 0.6 is 0 Å². The monoisotopic (exact) mass is 551 g/mol. The van der Waals surface area contributed by atoms with E-state index in [-0.39, 0.29) is 50.2 Å². The molecule has 0 saturated heterocycles. The Kier molecular flexibility index (Phi) is 5.24. The molecule has 1 amide bonds. The number of carbonyl (C=O) groups is 1. The second-order valence-corrected chi connectivity index (χ2v) is 11.5. The molecule has 200 valence electrons. The number of rotatable bonds is 4. The van der Waals surface area contributed by atoms with Gasteiger partial charge in [-0.3, -0.25) is 28.1 Å². The van der Waals surface area contributed by atoms with Gasteiger partial charge in [-0.15, -0.1) is 0 Å². The second kappa shape index (κ2) is 8.24. The molecule has 4 aromatic rings. The van der Waals surface area contributed by atoms with E-state index in [0.717, 1.165) is 9.13 Å². The number of amides is 1. The first-order chi connectivity index (χ1) is 18.4. The van der Waals surface area contributed by atoms with Crippen LogP contribution < -0.4 is 26.8 Å². The molecule has 3 heterocycles. The van der Waals surface area contributed by atoms with Gasteiger partial charge < -0.3 is 5.32 Å². The molecule has 0 radical (unpaired) electrons. The number of nitrogens with one attached hydrogen (secondary N) is 2. The summed E-state index contributed by atoms with van der Waals surface area (Å²) in [6, 6.07) is 7.85. The summed E-state index contributed by atoms with van der Waals surface area (Å²) in [5.74, 6) is -1.47. The molecule has 11 nitrogen and oxygen atoms in total. The van der Waals surface area contributed by atoms with E-state index in [1.807, 2.05) is 4.72 Å². The van der Waals surface area contributed by atoms with Crippen molar-refractivity contribution in [3.8, 4) is 5.69 Å². The van der Waals surface area contributed by atoms with E-state index in [4.69, 9.17) is 0 Å². The molecule has 13 heteroatoms. The average Bonchev–Trinajstić information content (AvgIpc) is 3.67. The third-order valence-electron chi connectivity index (χ3n) is 7.12. The van der Waals surface area contributed by atoms with E-state index >= 15 is 0 Å². The lowest BCUT2D eigenvalue weighted by atomic mass is 10.1. The molecule has 0 atom stereocenters. The first kappa shape index (κ1) is 24.8. The largest absolute Gasteiger partial charge is 0.338 e. The fourth-order valence-electron chi connectivity index (χ4n) is 5.01. The minimum atomic E-state index is -4.03. The van der Waals surface area contributed by atoms with E-state index in [0.29, 0.717) is 18.4 Å². The Morgan fingerprint density at radius 2 is 1.72 bits per heavy atom. The van der Waals surface area contributed by atoms with Crippen LogP contribution in [0.3, 0.4) is 0 Å². The van der Waals surface area contributed by atoms with Gasteiger partial charge in [0.15, 0.2) is 0 Å². The lowest BCUT2D eigenvalue weighted by molar-refractivity contribution is 0.0985. The zero-order valence-corrected chi connectivity index (χ0v) is 21.8. The van der Waals surface area contributed by atoms with Crippen molar-refractivity contribution in [3.63, 3.8) is 0 Å². The zero-order chi connectivity index (χ0) is 28.0. The minimum absolute atomic E-state index is 0.0158. The van der Waals surface area contributed by atoms with Gasteiger partial charge in [-0.1, -0.05) is 6.07 Å². The van der Waals surface area contributed by atoms with Crippen molar-refractivity contribution in [2.24, 2.45) is 7.05 Å². The average molecular weight is 552 g/mol. The van der Waals surface area contributed by atoms with Gasteiger partial charge >= 0.3 is 5.69 Å². The SMILES string of the molecule is Cc1ccc(Nc2c3c(=O)n(C4CC4)c(=O)n(-c4ccc5c(c4)C(=O)NS5(=O)=O)c3c(C)c(=O)n2C)c(F)c1. The maximum atomic E-state index is 14.8. The van der Waals surface area contributed by atoms with Crippen LogP contribution in [-0.4, -0.2) is 28.0 Å². The molecule has 1 aliphatic heterocycles. The van der Waals surface area contributed by atoms with Crippen LogP contribution in [0.2, 0.25) is 0 Å². The predicted molar refractivity (Wildman–Crippen MR) is 141 cm³/mol. The molecule has 2 aromatic heterocycles. The summed E-state index contributed by atoms with van der Waals surface area (Å²) >= 11 is 0. The summed E-state index contributed by atoms with van der Waals surface area (Å²) in [6.45, 7) is 3.18. The standard InChI is InChI=1S/C26H22FN5O6S/c1-12-4-8-18(17(27)10-12)28-22-20-21(13(2)24(34)30(22)3)31(26(36)32(25(20)35)14-5-6-14)15-7-9-19-16(11-15)23(33)29-39(19,37)38/h4,7-11,14,28H,5-6H2,1-3H3,(H,29,33). The molecular formula is C26H22FN5O6S. The van der Waals surface area contributed by atoms with E-state index < -0.39 is 38.6 Å². The summed E-state index contributed by atoms with van der Waals surface area (Å²) in [5.41, 5.74) is -1.27. The van der Waals surface area contributed by atoms with Crippen molar-refractivity contribution in [2.45, 2.75) is 37.6 Å². The molecule has 6 rings (SSSR count). The lowest BCUT2D eigenvalue weighted by Crippen LogP contribution is -2.41. The number of nitrogens with zero attached hydrogens (tertiary/aromatic N) is 3. The van der Waals surface area contributed by atoms with Crippen molar-refractivity contribution in [2.75, 3.05) is 5.32 Å². The van der Waals surface area contributed by atoms with E-state index in [1.54, 1.807) is 13.0 Å². The number of anilines is 2. The molecule has 0 spiro atoms. The highest BCUT2D eigenvalue weighted by atomic mass is 32.2. The Balaban J connectivity index is 1.74. The van der Waals surface area contributed by atoms with Gasteiger partial charge in [-0.2, -0.15) is 0 Å². The summed E-state index contributed by atoms with van der Waals surface area (Å²) in [7, 11) is -2.60. The number of hydrogen-bond donors (Lipinski definition) is 2. The number of hydrogen-bond acceptors (Lipinski definition) is 7. The van der Waals surface area contributed by atoms with E-state index in [1.165, 1.54) is 48.9 Å². The third-order valence-corrected chi connectivity index (χ3v) is 8.50. The summed E-state index contributed by atoms with van der Waals surface area (Å²) in [6.07, 6.45) is 1.18. The maximum Gasteiger partial charge on any atom is 0.336 e. The van der Waals surface area contributed by atoms with E-state index in [2.05, 4.69) is 5.32 Å². The Hall–Kier alpha value is -4.52. The van der Waals surface area contributed by atoms with Crippen LogP contribution in [-0.2, 0) is 17.1 Å². The van der Waals surface area contributed by atoms with Gasteiger partial charge in [-0.25, -0.2) is 22.3 Å². The number of carbonyl (C=O) groups excluding carboxylic acids is 1. The van der Waals surface area contributed by atoms with E-state index in [9.17, 15) is 32.0 Å². The second-order valence-electron chi connectivity index (χ2n) is 9.81. The number of aryl methyl sites for hydroxylation is 2. The van der Waals surface area contributed by atoms with Gasteiger partial charge in [0, 0.05) is 18.7 Å². The Morgan fingerprint density at radius 1 is 1.00 bits per heavy atom. The molecule has 2 N–H and O–H groups in total. The van der Waals surface area contributed by atoms with Crippen molar-refractivity contribution < 1.29 is 17.6 Å². The molecule has 1 fully saturated rings. The van der Waals surface area contributed by atoms with Crippen molar-refractivity contribution in [3.05, 3.63) is 90.1 Å². The third kappa shape index (κ3) is 3.64. The molecule has 2 aliphatic rings. The van der Waals surface area contributed by atoms with Gasteiger partial charge in [0.1, 0.15) is 21.9 Å². The fourth-order valence-corrected chi connectivity index (χ4v) is 6.16. The first-order valence-electron chi connectivity index (χ1n) is 12.1. The summed E-state index contributed by atoms with van der Waals surface area (Å²) in [4.78, 5) is 53.2. The number of fused-ring (bicyclic) bond motifs is 2. The highest BCUT2D eigenvalue weighted by Crippen LogP contribution is 2.34. The predicted octanol–water partition coefficient (Wildman–Crippen LogP) is 2.12. The van der Waals surface area contributed by atoms with Crippen molar-refractivity contribution in [1.82, 2.24) is 18.4 Å². The summed E-state index contributed by atoms with van der Waals surface area (Å²) < 4.78 is 44.7. The Bertz CT molecular complexity index is 2070. The smallest absolute Gasteiger partial charge is 0.336 e. The molecule has 39 heavy (non-hydrogen) atoms. The van der Waals surface area contributed by atoms with Crippen LogP contribution in [0.15, 0.2) is 55.7 Å². The minimum Gasteiger partial charge on any atom is -0.338 e. The normalized spacial score (nSPS) is 15.8. The maximum absolute atomic E-state index is 14.8. The number of halogens is 1. The lowest BCUT2D eigenvalue weighted by Gasteiger charge is -2.20. The van der Waals surface area contributed by atoms with Gasteiger partial charge in [0.05, 0.1) is 22.5 Å². The first-order valence-corrected chi connectivity index (χ1v) is 13.5. The van der Waals surface area contributed by atoms with Gasteiger partial charge in [0.2, 0.25) is 0 Å². The van der Waals surface area contributed by atoms with Crippen LogP contribution in [0.1, 0.15) is 40.4 Å². The Morgan fingerprint density at radius 3 is 2.38 bits per heavy atom. The van der Waals surface area contributed by atoms with Gasteiger partial charge in [0.25, 0.3) is 27.0 Å². The fraction of sp³-hybridized carbons (Fsp3) is 0.231. The molecule has 2 aromatic carbocycles. The summed E-state index contributed by atoms with van der Waals surface area (Å²) in [5, 5.41) is 2.85. The number of pyridine rings is 1. The quantitative estimate of drug-likeness (QED) is 0.396. The van der Waals surface area contributed by atoms with Gasteiger partial charge in [-0.05, 0) is 62.6 Å². The zero-order valence-electron chi connectivity index (χ0n) is 21.0. The van der Waals surface area contributed by atoms with Crippen molar-refractivity contribution >= 4 is 38.3 Å². The molecule has 1 aliphatic carbocycles. The molecule has 0 unspecified atom stereocenters. The highest BCUT2D eigenvalue weighted by molar-refractivity contribution is 7.90. The highest BCUT2D eigenvalue weighted by Gasteiger charge is 2.35. The molecular weight excluding hydrogens is 529 g/mol. The number of sulfonamides is 1. The van der Waals surface area contributed by atoms with Crippen LogP contribution in [0.5, 0.6) is 0 Å². The molecule has 1 saturated carbocycles. The van der Waals surface area contributed by atoms with Crippen LogP contribution in [0.4, 0.5) is 15.9 Å². The van der Waals surface area contributed by atoms with Crippen LogP contribution in [0, 0.1) is 19.7 Å². The molecule has 0 bridgehead atoms. The Labute approximate surface area is 220 Å². The topological polar surface area (TPSA) is 141 Å². The van der Waals surface area contributed by atoms with Crippen LogP contribution in [0.25, 0.3) is 16.6 Å². The number of benzene rings is 2.